The van der Waals surface area contributed by atoms with Crippen LogP contribution in [0.15, 0.2) is 24.8 Å². The zero-order valence-corrected chi connectivity index (χ0v) is 6.67. The highest BCUT2D eigenvalue weighted by Gasteiger charge is 1.93. The minimum atomic E-state index is -0.100. The van der Waals surface area contributed by atoms with Crippen molar-refractivity contribution in [2.24, 2.45) is 0 Å². The molecule has 0 aromatic carbocycles. The van der Waals surface area contributed by atoms with Crippen molar-refractivity contribution in [3.05, 3.63) is 24.8 Å². The van der Waals surface area contributed by atoms with Crippen LogP contribution in [0.1, 0.15) is 19.8 Å². The number of carbonyl (C=O) groups is 2. The monoisotopic (exact) mass is 152 g/mol. The summed E-state index contributed by atoms with van der Waals surface area (Å²) in [5, 5.41) is 0. The Hall–Kier alpha value is -1.18. The van der Waals surface area contributed by atoms with Crippen molar-refractivity contribution >= 4 is 11.6 Å². The van der Waals surface area contributed by atoms with E-state index in [1.54, 1.807) is 6.08 Å². The number of ketones is 2. The van der Waals surface area contributed by atoms with Gasteiger partial charge in [-0.3, -0.25) is 9.59 Å². The van der Waals surface area contributed by atoms with Crippen molar-refractivity contribution in [1.82, 2.24) is 0 Å². The van der Waals surface area contributed by atoms with Crippen LogP contribution in [-0.2, 0) is 9.59 Å². The van der Waals surface area contributed by atoms with E-state index < -0.39 is 0 Å². The van der Waals surface area contributed by atoms with Crippen LogP contribution >= 0.6 is 0 Å². The molecule has 2 heteroatoms. The van der Waals surface area contributed by atoms with E-state index in [4.69, 9.17) is 0 Å². The summed E-state index contributed by atoms with van der Waals surface area (Å²) in [6, 6.07) is 0. The molecular formula is C9H12O2. The van der Waals surface area contributed by atoms with Crippen LogP contribution in [0.25, 0.3) is 0 Å². The maximum absolute atomic E-state index is 10.8. The fourth-order valence-electron chi connectivity index (χ4n) is 0.538. The topological polar surface area (TPSA) is 34.1 Å². The largest absolute Gasteiger partial charge is 0.295 e. The molecule has 0 unspecified atom stereocenters. The summed E-state index contributed by atoms with van der Waals surface area (Å²) in [4.78, 5) is 21.2. The van der Waals surface area contributed by atoms with Crippen LogP contribution < -0.4 is 0 Å². The van der Waals surface area contributed by atoms with Crippen molar-refractivity contribution in [3.63, 3.8) is 0 Å². The molecule has 0 aliphatic heterocycles. The Morgan fingerprint density at radius 3 is 2.45 bits per heavy atom. The third-order valence-corrected chi connectivity index (χ3v) is 1.10. The second-order valence-electron chi connectivity index (χ2n) is 2.24. The van der Waals surface area contributed by atoms with E-state index in [0.717, 1.165) is 0 Å². The Kier molecular flexibility index (Phi) is 4.99. The quantitative estimate of drug-likeness (QED) is 0.443. The van der Waals surface area contributed by atoms with Crippen LogP contribution in [0.2, 0.25) is 0 Å². The van der Waals surface area contributed by atoms with E-state index in [0.29, 0.717) is 12.8 Å². The Balaban J connectivity index is 3.68. The molecule has 0 aliphatic carbocycles. The van der Waals surface area contributed by atoms with Crippen molar-refractivity contribution < 1.29 is 9.59 Å². The summed E-state index contributed by atoms with van der Waals surface area (Å²) in [5.41, 5.74) is 0. The zero-order chi connectivity index (χ0) is 8.69. The number of hydrogen-bond acceptors (Lipinski definition) is 2. The molecule has 0 aliphatic rings. The molecule has 0 saturated heterocycles. The van der Waals surface area contributed by atoms with Crippen LogP contribution in [0.5, 0.6) is 0 Å². The predicted octanol–water partition coefficient (Wildman–Crippen LogP) is 1.67. The summed E-state index contributed by atoms with van der Waals surface area (Å²) in [5.74, 6) is -0.128. The number of hydrogen-bond donors (Lipinski definition) is 0. The first-order valence-corrected chi connectivity index (χ1v) is 3.49. The molecule has 60 valence electrons. The van der Waals surface area contributed by atoms with Gasteiger partial charge in [-0.1, -0.05) is 6.08 Å². The maximum atomic E-state index is 10.8. The summed E-state index contributed by atoms with van der Waals surface area (Å²) in [7, 11) is 0. The first-order valence-electron chi connectivity index (χ1n) is 3.49. The molecule has 0 atom stereocenters. The van der Waals surface area contributed by atoms with Gasteiger partial charge in [-0.15, -0.1) is 6.58 Å². The summed E-state index contributed by atoms with van der Waals surface area (Å²) in [6.07, 6.45) is 5.38. The fourth-order valence-corrected chi connectivity index (χ4v) is 0.538. The van der Waals surface area contributed by atoms with Gasteiger partial charge in [-0.2, -0.15) is 0 Å². The Morgan fingerprint density at radius 2 is 2.00 bits per heavy atom. The number of carbonyl (C=O) groups excluding carboxylic acids is 2. The van der Waals surface area contributed by atoms with Gasteiger partial charge in [0.15, 0.2) is 11.6 Å². The van der Waals surface area contributed by atoms with E-state index >= 15 is 0 Å². The molecule has 0 bridgehead atoms. The lowest BCUT2D eigenvalue weighted by Gasteiger charge is -1.87. The van der Waals surface area contributed by atoms with Gasteiger partial charge >= 0.3 is 0 Å². The third-order valence-electron chi connectivity index (χ3n) is 1.10. The highest BCUT2D eigenvalue weighted by molar-refractivity contribution is 5.97. The van der Waals surface area contributed by atoms with Gasteiger partial charge in [0.2, 0.25) is 0 Å². The normalized spacial score (nSPS) is 9.91. The summed E-state index contributed by atoms with van der Waals surface area (Å²) in [6.45, 7) is 4.90. The lowest BCUT2D eigenvalue weighted by Crippen LogP contribution is -1.92. The van der Waals surface area contributed by atoms with Gasteiger partial charge in [0.05, 0.1) is 0 Å². The lowest BCUT2D eigenvalue weighted by molar-refractivity contribution is -0.116. The van der Waals surface area contributed by atoms with Crippen molar-refractivity contribution in [2.75, 3.05) is 0 Å². The first-order chi connectivity index (χ1) is 5.16. The van der Waals surface area contributed by atoms with Crippen LogP contribution in [0.4, 0.5) is 0 Å². The number of allylic oxidation sites excluding steroid dienone is 3. The Labute approximate surface area is 66.6 Å². The molecule has 0 saturated carbocycles. The smallest absolute Gasteiger partial charge is 0.156 e. The predicted molar refractivity (Wildman–Crippen MR) is 44.3 cm³/mol. The zero-order valence-electron chi connectivity index (χ0n) is 6.67. The molecule has 0 aromatic rings. The average molecular weight is 152 g/mol. The molecular weight excluding hydrogens is 140 g/mol. The highest BCUT2D eigenvalue weighted by atomic mass is 16.1. The standard InChI is InChI=1S/C9H12O2/c1-3-4-5-9(11)7-6-8(2)10/h3,6-7H,1,4-5H2,2H3/b7-6-. The fraction of sp³-hybridized carbons (Fsp3) is 0.333. The Morgan fingerprint density at radius 1 is 1.36 bits per heavy atom. The molecule has 0 fully saturated rings. The molecule has 0 rings (SSSR count). The second kappa shape index (κ2) is 5.59. The van der Waals surface area contributed by atoms with E-state index in [1.807, 2.05) is 0 Å². The molecule has 0 radical (unpaired) electrons. The van der Waals surface area contributed by atoms with Crippen molar-refractivity contribution in [1.29, 1.82) is 0 Å². The molecule has 0 spiro atoms. The van der Waals surface area contributed by atoms with E-state index in [1.165, 1.54) is 19.1 Å². The second-order valence-corrected chi connectivity index (χ2v) is 2.24. The third kappa shape index (κ3) is 6.71. The van der Waals surface area contributed by atoms with Crippen LogP contribution in [0, 0.1) is 0 Å². The summed E-state index contributed by atoms with van der Waals surface area (Å²) >= 11 is 0. The molecule has 0 heterocycles. The molecule has 11 heavy (non-hydrogen) atoms. The first kappa shape index (κ1) is 9.82. The average Bonchev–Trinajstić information content (AvgIpc) is 1.97. The molecule has 0 amide bonds. The lowest BCUT2D eigenvalue weighted by atomic mass is 10.2. The molecule has 0 aromatic heterocycles. The van der Waals surface area contributed by atoms with Gasteiger partial charge in [0.1, 0.15) is 0 Å². The van der Waals surface area contributed by atoms with Crippen molar-refractivity contribution in [2.45, 2.75) is 19.8 Å². The van der Waals surface area contributed by atoms with Gasteiger partial charge in [0.25, 0.3) is 0 Å². The highest BCUT2D eigenvalue weighted by Crippen LogP contribution is 1.92. The number of rotatable bonds is 5. The SMILES string of the molecule is C=CCCC(=O)/C=C\C(C)=O. The minimum absolute atomic E-state index is 0.0277. The van der Waals surface area contributed by atoms with Gasteiger partial charge in [-0.05, 0) is 25.5 Å². The minimum Gasteiger partial charge on any atom is -0.295 e. The van der Waals surface area contributed by atoms with E-state index in [-0.39, 0.29) is 11.6 Å². The molecule has 2 nitrogen and oxygen atoms in total. The van der Waals surface area contributed by atoms with Gasteiger partial charge in [0, 0.05) is 6.42 Å². The Bertz CT molecular complexity index is 190. The molecule has 0 N–H and O–H groups in total. The van der Waals surface area contributed by atoms with E-state index in [2.05, 4.69) is 6.58 Å². The van der Waals surface area contributed by atoms with E-state index in [9.17, 15) is 9.59 Å². The van der Waals surface area contributed by atoms with Gasteiger partial charge < -0.3 is 0 Å². The van der Waals surface area contributed by atoms with Gasteiger partial charge in [-0.25, -0.2) is 0 Å². The summed E-state index contributed by atoms with van der Waals surface area (Å²) < 4.78 is 0. The van der Waals surface area contributed by atoms with Crippen molar-refractivity contribution in [3.8, 4) is 0 Å². The van der Waals surface area contributed by atoms with Crippen LogP contribution in [0.3, 0.4) is 0 Å². The maximum Gasteiger partial charge on any atom is 0.156 e. The van der Waals surface area contributed by atoms with Crippen LogP contribution in [-0.4, -0.2) is 11.6 Å².